The fourth-order valence-electron chi connectivity index (χ4n) is 2.75. The van der Waals surface area contributed by atoms with E-state index in [0.29, 0.717) is 10.0 Å². The lowest BCUT2D eigenvalue weighted by atomic mass is 10.1. The summed E-state index contributed by atoms with van der Waals surface area (Å²) in [5.74, 6) is 0.589. The molecule has 26 heavy (non-hydrogen) atoms. The number of nitrogens with zero attached hydrogens (tertiary/aromatic N) is 2. The van der Waals surface area contributed by atoms with Crippen LogP contribution in [0.1, 0.15) is 29.2 Å². The van der Waals surface area contributed by atoms with Gasteiger partial charge in [-0.05, 0) is 48.2 Å². The van der Waals surface area contributed by atoms with E-state index in [-0.39, 0.29) is 11.1 Å². The maximum Gasteiger partial charge on any atom is 0.123 e. The first-order valence-corrected chi connectivity index (χ1v) is 10.2. The van der Waals surface area contributed by atoms with Crippen molar-refractivity contribution in [1.82, 2.24) is 9.55 Å². The molecule has 3 aromatic rings. The number of thioether (sulfide) groups is 1. The summed E-state index contributed by atoms with van der Waals surface area (Å²) >= 11 is 14.3. The van der Waals surface area contributed by atoms with Crippen LogP contribution in [0.15, 0.2) is 61.2 Å². The number of hydrogen-bond acceptors (Lipinski definition) is 2. The molecular weight excluding hydrogens is 390 g/mol. The van der Waals surface area contributed by atoms with Crippen LogP contribution in [-0.2, 0) is 12.3 Å². The van der Waals surface area contributed by atoms with Crippen LogP contribution in [0.2, 0.25) is 10.0 Å². The molecular formula is C20H19Cl2FN2S. The van der Waals surface area contributed by atoms with E-state index in [1.807, 2.05) is 48.6 Å². The lowest BCUT2D eigenvalue weighted by Crippen LogP contribution is -2.01. The monoisotopic (exact) mass is 408 g/mol. The Labute approximate surface area is 167 Å². The predicted molar refractivity (Wildman–Crippen MR) is 108 cm³/mol. The molecule has 2 nitrogen and oxygen atoms in total. The van der Waals surface area contributed by atoms with E-state index in [0.717, 1.165) is 36.3 Å². The average Bonchev–Trinajstić information content (AvgIpc) is 3.13. The van der Waals surface area contributed by atoms with E-state index in [9.17, 15) is 4.39 Å². The van der Waals surface area contributed by atoms with Crippen LogP contribution in [0, 0.1) is 5.82 Å². The van der Waals surface area contributed by atoms with E-state index in [4.69, 9.17) is 23.2 Å². The Morgan fingerprint density at radius 1 is 1.12 bits per heavy atom. The molecule has 136 valence electrons. The highest BCUT2D eigenvalue weighted by Gasteiger charge is 2.16. The van der Waals surface area contributed by atoms with Gasteiger partial charge >= 0.3 is 0 Å². The topological polar surface area (TPSA) is 17.8 Å². The van der Waals surface area contributed by atoms with Crippen molar-refractivity contribution >= 4 is 35.0 Å². The molecule has 1 heterocycles. The second-order valence-corrected chi connectivity index (χ2v) is 8.07. The molecule has 0 amide bonds. The molecule has 0 spiro atoms. The molecule has 0 radical (unpaired) electrons. The first-order chi connectivity index (χ1) is 12.6. The van der Waals surface area contributed by atoms with Gasteiger partial charge in [-0.3, -0.25) is 0 Å². The van der Waals surface area contributed by atoms with E-state index >= 15 is 0 Å². The van der Waals surface area contributed by atoms with E-state index in [2.05, 4.69) is 9.55 Å². The van der Waals surface area contributed by atoms with E-state index < -0.39 is 0 Å². The van der Waals surface area contributed by atoms with Crippen molar-refractivity contribution in [3.8, 4) is 0 Å². The Balaban J connectivity index is 1.68. The highest BCUT2D eigenvalue weighted by atomic mass is 35.5. The molecule has 1 atom stereocenters. The zero-order valence-electron chi connectivity index (χ0n) is 14.1. The molecule has 0 N–H and O–H groups in total. The smallest absolute Gasteiger partial charge is 0.123 e. The quantitative estimate of drug-likeness (QED) is 0.408. The predicted octanol–water partition coefficient (Wildman–Crippen LogP) is 6.78. The van der Waals surface area contributed by atoms with Gasteiger partial charge in [0.05, 0.1) is 6.33 Å². The van der Waals surface area contributed by atoms with Crippen LogP contribution in [0.4, 0.5) is 4.39 Å². The third-order valence-corrected chi connectivity index (χ3v) is 6.07. The summed E-state index contributed by atoms with van der Waals surface area (Å²) in [6.45, 7) is 0.915. The molecule has 0 bridgehead atoms. The maximum absolute atomic E-state index is 13.1. The standard InChI is InChI=1S/C20H19Cl2FN2S/c21-16-5-8-18(19(22)12-16)20(2-1-10-25-11-9-24-14-25)26-13-15-3-6-17(23)7-4-15/h3-9,11-12,14,20H,1-2,10,13H2. The SMILES string of the molecule is Fc1ccc(CSC(CCCn2ccnc2)c2ccc(Cl)cc2Cl)cc1. The Bertz CT molecular complexity index is 822. The Morgan fingerprint density at radius 3 is 2.62 bits per heavy atom. The molecule has 0 aliphatic carbocycles. The second kappa shape index (κ2) is 9.45. The number of aromatic nitrogens is 2. The molecule has 6 heteroatoms. The van der Waals surface area contributed by atoms with Crippen molar-refractivity contribution in [1.29, 1.82) is 0 Å². The van der Waals surface area contributed by atoms with E-state index in [1.54, 1.807) is 12.3 Å². The minimum atomic E-state index is -0.212. The number of benzene rings is 2. The number of aryl methyl sites for hydroxylation is 1. The molecule has 1 aromatic heterocycles. The lowest BCUT2D eigenvalue weighted by Gasteiger charge is -2.19. The summed E-state index contributed by atoms with van der Waals surface area (Å²) in [4.78, 5) is 4.08. The molecule has 0 saturated heterocycles. The van der Waals surface area contributed by atoms with Gasteiger partial charge in [0, 0.05) is 40.0 Å². The first kappa shape index (κ1) is 19.3. The molecule has 0 saturated carbocycles. The second-order valence-electron chi connectivity index (χ2n) is 6.03. The number of imidazole rings is 1. The fraction of sp³-hybridized carbons (Fsp3) is 0.250. The van der Waals surface area contributed by atoms with Gasteiger partial charge in [-0.25, -0.2) is 9.37 Å². The third-order valence-electron chi connectivity index (χ3n) is 4.12. The van der Waals surface area contributed by atoms with Crippen molar-refractivity contribution in [2.24, 2.45) is 0 Å². The molecule has 2 aromatic carbocycles. The zero-order valence-corrected chi connectivity index (χ0v) is 16.4. The summed E-state index contributed by atoms with van der Waals surface area (Å²) in [5, 5.41) is 1.57. The summed E-state index contributed by atoms with van der Waals surface area (Å²) in [6.07, 6.45) is 7.57. The van der Waals surface area contributed by atoms with E-state index in [1.165, 1.54) is 12.1 Å². The zero-order chi connectivity index (χ0) is 18.4. The van der Waals surface area contributed by atoms with Crippen molar-refractivity contribution in [3.63, 3.8) is 0 Å². The van der Waals surface area contributed by atoms with Crippen LogP contribution >= 0.6 is 35.0 Å². The van der Waals surface area contributed by atoms with Crippen molar-refractivity contribution in [2.75, 3.05) is 0 Å². The van der Waals surface area contributed by atoms with Crippen LogP contribution in [0.3, 0.4) is 0 Å². The lowest BCUT2D eigenvalue weighted by molar-refractivity contribution is 0.604. The van der Waals surface area contributed by atoms with Gasteiger partial charge in [0.15, 0.2) is 0 Å². The summed E-state index contributed by atoms with van der Waals surface area (Å²) in [5.41, 5.74) is 2.19. The Morgan fingerprint density at radius 2 is 1.92 bits per heavy atom. The van der Waals surface area contributed by atoms with Gasteiger partial charge in [0.1, 0.15) is 5.82 Å². The number of hydrogen-bond donors (Lipinski definition) is 0. The van der Waals surface area contributed by atoms with Gasteiger partial charge < -0.3 is 4.57 Å². The van der Waals surface area contributed by atoms with Gasteiger partial charge in [-0.15, -0.1) is 11.8 Å². The van der Waals surface area contributed by atoms with Gasteiger partial charge in [-0.1, -0.05) is 41.4 Å². The van der Waals surface area contributed by atoms with Gasteiger partial charge in [0.25, 0.3) is 0 Å². The Hall–Kier alpha value is -1.49. The summed E-state index contributed by atoms with van der Waals surface area (Å²) in [7, 11) is 0. The molecule has 1 unspecified atom stereocenters. The minimum Gasteiger partial charge on any atom is -0.337 e. The average molecular weight is 409 g/mol. The molecule has 0 aliphatic rings. The minimum absolute atomic E-state index is 0.212. The summed E-state index contributed by atoms with van der Waals surface area (Å²) in [6, 6.07) is 12.3. The van der Waals surface area contributed by atoms with Gasteiger partial charge in [0.2, 0.25) is 0 Å². The van der Waals surface area contributed by atoms with Crippen molar-refractivity contribution < 1.29 is 4.39 Å². The van der Waals surface area contributed by atoms with Crippen LogP contribution in [-0.4, -0.2) is 9.55 Å². The van der Waals surface area contributed by atoms with Gasteiger partial charge in [-0.2, -0.15) is 0 Å². The molecule has 0 fully saturated rings. The van der Waals surface area contributed by atoms with Crippen LogP contribution in [0.5, 0.6) is 0 Å². The summed E-state index contributed by atoms with van der Waals surface area (Å²) < 4.78 is 15.2. The molecule has 3 rings (SSSR count). The molecule has 0 aliphatic heterocycles. The van der Waals surface area contributed by atoms with Crippen LogP contribution < -0.4 is 0 Å². The normalized spacial score (nSPS) is 12.3. The maximum atomic E-state index is 13.1. The highest BCUT2D eigenvalue weighted by Crippen LogP contribution is 2.39. The van der Waals surface area contributed by atoms with Crippen molar-refractivity contribution in [3.05, 3.63) is 88.2 Å². The largest absolute Gasteiger partial charge is 0.337 e. The number of halogens is 3. The first-order valence-electron chi connectivity index (χ1n) is 8.38. The fourth-order valence-corrected chi connectivity index (χ4v) is 4.66. The Kier molecular flexibility index (Phi) is 7.00. The van der Waals surface area contributed by atoms with Crippen LogP contribution in [0.25, 0.3) is 0 Å². The third kappa shape index (κ3) is 5.50. The highest BCUT2D eigenvalue weighted by molar-refractivity contribution is 7.98. The van der Waals surface area contributed by atoms with Crippen molar-refractivity contribution in [2.45, 2.75) is 30.4 Å². The number of rotatable bonds is 8.